The van der Waals surface area contributed by atoms with Crippen LogP contribution in [0.5, 0.6) is 0 Å². The zero-order valence-electron chi connectivity index (χ0n) is 8.15. The molecule has 0 spiro atoms. The highest BCUT2D eigenvalue weighted by Gasteiger charge is 2.43. The van der Waals surface area contributed by atoms with Crippen LogP contribution in [0.25, 0.3) is 0 Å². The summed E-state index contributed by atoms with van der Waals surface area (Å²) in [5, 5.41) is 3.13. The first kappa shape index (κ1) is 12.8. The Labute approximate surface area is 99.0 Å². The molecule has 1 heterocycles. The number of hydrogen-bond acceptors (Lipinski definition) is 3. The van der Waals surface area contributed by atoms with E-state index in [4.69, 9.17) is 44.3 Å². The lowest BCUT2D eigenvalue weighted by atomic mass is 10.2. The molecule has 1 saturated heterocycles. The number of morpholine rings is 1. The molecule has 1 rings (SSSR count). The minimum Gasteiger partial charge on any atom is -0.350 e. The number of alkyl halides is 3. The van der Waals surface area contributed by atoms with Crippen molar-refractivity contribution < 1.29 is 9.47 Å². The molecule has 1 aliphatic heterocycles. The second kappa shape index (κ2) is 4.73. The first-order chi connectivity index (χ1) is 6.33. The van der Waals surface area contributed by atoms with Crippen LogP contribution >= 0.6 is 34.8 Å². The molecular formula is C8H14Cl3NO2. The molecule has 0 bridgehead atoms. The molecular weight excluding hydrogens is 248 g/mol. The van der Waals surface area contributed by atoms with Gasteiger partial charge in [-0.25, -0.2) is 0 Å². The van der Waals surface area contributed by atoms with E-state index in [9.17, 15) is 0 Å². The molecule has 1 N–H and O–H groups in total. The van der Waals surface area contributed by atoms with E-state index < -0.39 is 9.39 Å². The van der Waals surface area contributed by atoms with Gasteiger partial charge < -0.3 is 14.8 Å². The van der Waals surface area contributed by atoms with Crippen molar-refractivity contribution in [3.8, 4) is 0 Å². The summed E-state index contributed by atoms with van der Waals surface area (Å²) in [5.41, 5.74) is -0.874. The number of hydrogen-bond donors (Lipinski definition) is 1. The number of halogens is 3. The van der Waals surface area contributed by atoms with Gasteiger partial charge in [0.15, 0.2) is 6.29 Å². The Morgan fingerprint density at radius 3 is 2.43 bits per heavy atom. The lowest BCUT2D eigenvalue weighted by molar-refractivity contribution is -0.206. The van der Waals surface area contributed by atoms with Gasteiger partial charge in [0.05, 0.1) is 6.61 Å². The van der Waals surface area contributed by atoms with Gasteiger partial charge >= 0.3 is 0 Å². The van der Waals surface area contributed by atoms with Gasteiger partial charge in [0.2, 0.25) is 3.79 Å². The summed E-state index contributed by atoms with van der Waals surface area (Å²) >= 11 is 17.3. The van der Waals surface area contributed by atoms with E-state index in [1.807, 2.05) is 0 Å². The van der Waals surface area contributed by atoms with Crippen molar-refractivity contribution in [1.82, 2.24) is 5.32 Å². The van der Waals surface area contributed by atoms with E-state index in [2.05, 4.69) is 5.32 Å². The van der Waals surface area contributed by atoms with Gasteiger partial charge in [0.1, 0.15) is 5.60 Å². The second-order valence-corrected chi connectivity index (χ2v) is 5.91. The Kier molecular flexibility index (Phi) is 4.33. The maximum absolute atomic E-state index is 5.77. The third-order valence-electron chi connectivity index (χ3n) is 2.00. The van der Waals surface area contributed by atoms with Crippen molar-refractivity contribution in [2.24, 2.45) is 0 Å². The van der Waals surface area contributed by atoms with Gasteiger partial charge in [0, 0.05) is 13.1 Å². The van der Waals surface area contributed by atoms with Crippen molar-refractivity contribution in [3.05, 3.63) is 0 Å². The minimum atomic E-state index is -1.46. The maximum atomic E-state index is 5.77. The Morgan fingerprint density at radius 2 is 2.00 bits per heavy atom. The van der Waals surface area contributed by atoms with E-state index in [0.717, 1.165) is 6.54 Å². The van der Waals surface area contributed by atoms with Gasteiger partial charge in [0.25, 0.3) is 0 Å². The normalized spacial score (nSPS) is 25.1. The summed E-state index contributed by atoms with van der Waals surface area (Å²) in [6.45, 7) is 5.49. The minimum absolute atomic E-state index is 0.352. The second-order valence-electron chi connectivity index (χ2n) is 3.63. The summed E-state index contributed by atoms with van der Waals surface area (Å²) < 4.78 is 9.45. The van der Waals surface area contributed by atoms with Crippen molar-refractivity contribution in [2.45, 2.75) is 29.5 Å². The SMILES string of the molecule is CC(C)(OC1CNCCO1)C(Cl)(Cl)Cl. The summed E-state index contributed by atoms with van der Waals surface area (Å²) in [7, 11) is 0. The molecule has 14 heavy (non-hydrogen) atoms. The largest absolute Gasteiger partial charge is 0.350 e. The summed E-state index contributed by atoms with van der Waals surface area (Å²) in [6.07, 6.45) is -0.352. The van der Waals surface area contributed by atoms with Gasteiger partial charge in [-0.1, -0.05) is 34.8 Å². The zero-order valence-corrected chi connectivity index (χ0v) is 10.4. The Bertz CT molecular complexity index is 188. The van der Waals surface area contributed by atoms with Crippen molar-refractivity contribution in [1.29, 1.82) is 0 Å². The van der Waals surface area contributed by atoms with Gasteiger partial charge in [-0.05, 0) is 13.8 Å². The average Bonchev–Trinajstić information content (AvgIpc) is 2.03. The van der Waals surface area contributed by atoms with Crippen LogP contribution in [0.3, 0.4) is 0 Å². The van der Waals surface area contributed by atoms with Crippen molar-refractivity contribution in [3.63, 3.8) is 0 Å². The molecule has 1 unspecified atom stereocenters. The van der Waals surface area contributed by atoms with Crippen LogP contribution in [-0.2, 0) is 9.47 Å². The third-order valence-corrected chi connectivity index (χ3v) is 3.37. The Morgan fingerprint density at radius 1 is 1.36 bits per heavy atom. The summed E-state index contributed by atoms with van der Waals surface area (Å²) in [4.78, 5) is 0. The maximum Gasteiger partial charge on any atom is 0.218 e. The molecule has 0 saturated carbocycles. The van der Waals surface area contributed by atoms with Crippen LogP contribution in [0.4, 0.5) is 0 Å². The third kappa shape index (κ3) is 3.40. The monoisotopic (exact) mass is 261 g/mol. The van der Waals surface area contributed by atoms with E-state index in [-0.39, 0.29) is 6.29 Å². The summed E-state index contributed by atoms with van der Waals surface area (Å²) in [6, 6.07) is 0. The van der Waals surface area contributed by atoms with Gasteiger partial charge in [-0.15, -0.1) is 0 Å². The first-order valence-corrected chi connectivity index (χ1v) is 5.53. The average molecular weight is 263 g/mol. The fourth-order valence-electron chi connectivity index (χ4n) is 1.01. The fourth-order valence-corrected chi connectivity index (χ4v) is 1.15. The van der Waals surface area contributed by atoms with Crippen LogP contribution in [0.15, 0.2) is 0 Å². The molecule has 0 aromatic carbocycles. The molecule has 0 aliphatic carbocycles. The molecule has 0 aromatic heterocycles. The molecule has 1 fully saturated rings. The molecule has 0 radical (unpaired) electrons. The van der Waals surface area contributed by atoms with Crippen molar-refractivity contribution >= 4 is 34.8 Å². The molecule has 1 aliphatic rings. The number of ether oxygens (including phenoxy) is 2. The molecule has 6 heteroatoms. The molecule has 3 nitrogen and oxygen atoms in total. The highest BCUT2D eigenvalue weighted by molar-refractivity contribution is 6.68. The Balaban J connectivity index is 2.49. The smallest absolute Gasteiger partial charge is 0.218 e. The highest BCUT2D eigenvalue weighted by Crippen LogP contribution is 2.40. The van der Waals surface area contributed by atoms with E-state index in [1.165, 1.54) is 0 Å². The van der Waals surface area contributed by atoms with E-state index in [1.54, 1.807) is 13.8 Å². The zero-order chi connectivity index (χ0) is 10.8. The van der Waals surface area contributed by atoms with Crippen LogP contribution in [0, 0.1) is 0 Å². The Hall–Kier alpha value is 0.750. The molecule has 1 atom stereocenters. The lowest BCUT2D eigenvalue weighted by Crippen LogP contribution is -2.48. The lowest BCUT2D eigenvalue weighted by Gasteiger charge is -2.37. The van der Waals surface area contributed by atoms with Crippen molar-refractivity contribution in [2.75, 3.05) is 19.7 Å². The topological polar surface area (TPSA) is 30.5 Å². The van der Waals surface area contributed by atoms with Crippen LogP contribution in [0.1, 0.15) is 13.8 Å². The number of nitrogens with one attached hydrogen (secondary N) is 1. The fraction of sp³-hybridized carbons (Fsp3) is 1.00. The molecule has 0 aromatic rings. The number of rotatable bonds is 2. The van der Waals surface area contributed by atoms with Gasteiger partial charge in [-0.2, -0.15) is 0 Å². The van der Waals surface area contributed by atoms with Gasteiger partial charge in [-0.3, -0.25) is 0 Å². The van der Waals surface area contributed by atoms with Crippen LogP contribution < -0.4 is 5.32 Å². The first-order valence-electron chi connectivity index (χ1n) is 4.40. The predicted molar refractivity (Wildman–Crippen MR) is 58.1 cm³/mol. The summed E-state index contributed by atoms with van der Waals surface area (Å²) in [5.74, 6) is 0. The quantitative estimate of drug-likeness (QED) is 0.773. The predicted octanol–water partition coefficient (Wildman–Crippen LogP) is 2.10. The standard InChI is InChI=1S/C8H14Cl3NO2/c1-7(2,8(9,10)11)14-6-5-12-3-4-13-6/h6,12H,3-5H2,1-2H3. The molecule has 0 amide bonds. The van der Waals surface area contributed by atoms with Crippen LogP contribution in [0.2, 0.25) is 0 Å². The van der Waals surface area contributed by atoms with E-state index in [0.29, 0.717) is 13.2 Å². The van der Waals surface area contributed by atoms with E-state index >= 15 is 0 Å². The van der Waals surface area contributed by atoms with Crippen LogP contribution in [-0.4, -0.2) is 35.4 Å². The highest BCUT2D eigenvalue weighted by atomic mass is 35.6. The molecule has 84 valence electrons.